The number of hydrogen-bond donors (Lipinski definition) is 0. The minimum absolute atomic E-state index is 0.308. The Hall–Kier alpha value is -1.40. The lowest BCUT2D eigenvalue weighted by Gasteiger charge is -2.37. The molecule has 0 aliphatic carbocycles. The summed E-state index contributed by atoms with van der Waals surface area (Å²) in [5.74, 6) is 0. The van der Waals surface area contributed by atoms with Gasteiger partial charge in [0, 0.05) is 37.2 Å². The van der Waals surface area contributed by atoms with Crippen LogP contribution in [0, 0.1) is 0 Å². The van der Waals surface area contributed by atoms with Gasteiger partial charge in [-0.15, -0.1) is 0 Å². The third kappa shape index (κ3) is 4.42. The number of benzene rings is 2. The summed E-state index contributed by atoms with van der Waals surface area (Å²) in [7, 11) is -3.44. The molecular formula is C19H23ClN2O2S. The van der Waals surface area contributed by atoms with Crippen molar-refractivity contribution in [3.63, 3.8) is 0 Å². The van der Waals surface area contributed by atoms with Crippen LogP contribution in [0.15, 0.2) is 59.5 Å². The van der Waals surface area contributed by atoms with E-state index >= 15 is 0 Å². The van der Waals surface area contributed by atoms with Crippen LogP contribution >= 0.6 is 11.6 Å². The second-order valence-corrected chi connectivity index (χ2v) is 8.81. The van der Waals surface area contributed by atoms with Gasteiger partial charge in [0.15, 0.2) is 0 Å². The van der Waals surface area contributed by atoms with Gasteiger partial charge in [-0.1, -0.05) is 41.9 Å². The van der Waals surface area contributed by atoms with Crippen LogP contribution in [0.4, 0.5) is 0 Å². The van der Waals surface area contributed by atoms with E-state index in [0.717, 1.165) is 19.5 Å². The molecule has 0 N–H and O–H groups in total. The average molecular weight is 379 g/mol. The number of hydrogen-bond acceptors (Lipinski definition) is 3. The molecule has 0 aromatic heterocycles. The number of rotatable bonds is 5. The van der Waals surface area contributed by atoms with Gasteiger partial charge < -0.3 is 0 Å². The van der Waals surface area contributed by atoms with Crippen LogP contribution in [-0.2, 0) is 16.4 Å². The van der Waals surface area contributed by atoms with Crippen molar-refractivity contribution in [3.8, 4) is 0 Å². The lowest BCUT2D eigenvalue weighted by molar-refractivity contribution is 0.145. The molecule has 0 amide bonds. The quantitative estimate of drug-likeness (QED) is 0.801. The van der Waals surface area contributed by atoms with Crippen LogP contribution in [0.5, 0.6) is 0 Å². The second kappa shape index (κ2) is 7.87. The maximum absolute atomic E-state index is 12.7. The zero-order chi connectivity index (χ0) is 17.9. The van der Waals surface area contributed by atoms with Crippen LogP contribution < -0.4 is 0 Å². The normalized spacial score (nSPS) is 18.2. The minimum atomic E-state index is -3.44. The molecule has 1 aliphatic rings. The maximum atomic E-state index is 12.7. The third-order valence-corrected chi connectivity index (χ3v) is 6.89. The van der Waals surface area contributed by atoms with Gasteiger partial charge in [-0.05, 0) is 43.2 Å². The highest BCUT2D eigenvalue weighted by Crippen LogP contribution is 2.21. The first-order valence-electron chi connectivity index (χ1n) is 8.50. The molecule has 1 fully saturated rings. The lowest BCUT2D eigenvalue weighted by atomic mass is 10.1. The van der Waals surface area contributed by atoms with Gasteiger partial charge in [0.25, 0.3) is 0 Å². The molecule has 134 valence electrons. The predicted molar refractivity (Wildman–Crippen MR) is 101 cm³/mol. The van der Waals surface area contributed by atoms with Gasteiger partial charge in [-0.3, -0.25) is 4.90 Å². The SMILES string of the molecule is CC(Cc1ccccc1)N1CCN(S(=O)(=O)c2ccc(Cl)cc2)CC1. The van der Waals surface area contributed by atoms with Crippen molar-refractivity contribution in [1.82, 2.24) is 9.21 Å². The molecule has 0 bridgehead atoms. The van der Waals surface area contributed by atoms with Crippen LogP contribution in [-0.4, -0.2) is 49.8 Å². The maximum Gasteiger partial charge on any atom is 0.243 e. The van der Waals surface area contributed by atoms with Gasteiger partial charge in [0.1, 0.15) is 0 Å². The van der Waals surface area contributed by atoms with E-state index in [0.29, 0.717) is 29.0 Å². The first-order chi connectivity index (χ1) is 12.0. The summed E-state index contributed by atoms with van der Waals surface area (Å²) in [6.45, 7) is 4.74. The smallest absolute Gasteiger partial charge is 0.243 e. The fourth-order valence-corrected chi connectivity index (χ4v) is 4.77. The van der Waals surface area contributed by atoms with Crippen molar-refractivity contribution < 1.29 is 8.42 Å². The largest absolute Gasteiger partial charge is 0.298 e. The Labute approximate surface area is 155 Å². The highest BCUT2D eigenvalue weighted by Gasteiger charge is 2.29. The van der Waals surface area contributed by atoms with Crippen molar-refractivity contribution in [1.29, 1.82) is 0 Å². The summed E-state index contributed by atoms with van der Waals surface area (Å²) in [6.07, 6.45) is 0.977. The molecule has 3 rings (SSSR count). The Balaban J connectivity index is 1.60. The predicted octanol–water partition coefficient (Wildman–Crippen LogP) is 3.28. The van der Waals surface area contributed by atoms with Crippen LogP contribution in [0.25, 0.3) is 0 Å². The van der Waals surface area contributed by atoms with Crippen molar-refractivity contribution in [2.24, 2.45) is 0 Å². The fraction of sp³-hybridized carbons (Fsp3) is 0.368. The lowest BCUT2D eigenvalue weighted by Crippen LogP contribution is -2.51. The Kier molecular flexibility index (Phi) is 5.79. The molecule has 1 unspecified atom stereocenters. The molecule has 0 radical (unpaired) electrons. The number of sulfonamides is 1. The van der Waals surface area contributed by atoms with Crippen LogP contribution in [0.3, 0.4) is 0 Å². The van der Waals surface area contributed by atoms with Crippen LogP contribution in [0.2, 0.25) is 5.02 Å². The highest BCUT2D eigenvalue weighted by atomic mass is 35.5. The van der Waals surface area contributed by atoms with E-state index < -0.39 is 10.0 Å². The Bertz CT molecular complexity index is 786. The fourth-order valence-electron chi connectivity index (χ4n) is 3.22. The molecule has 1 atom stereocenters. The average Bonchev–Trinajstić information content (AvgIpc) is 2.63. The number of nitrogens with zero attached hydrogens (tertiary/aromatic N) is 2. The molecule has 1 heterocycles. The first kappa shape index (κ1) is 18.4. The number of piperazine rings is 1. The van der Waals surface area contributed by atoms with Gasteiger partial charge in [-0.2, -0.15) is 4.31 Å². The Morgan fingerprint density at radius 1 is 0.960 bits per heavy atom. The molecule has 1 saturated heterocycles. The summed E-state index contributed by atoms with van der Waals surface area (Å²) >= 11 is 5.85. The van der Waals surface area contributed by atoms with Gasteiger partial charge in [-0.25, -0.2) is 8.42 Å². The van der Waals surface area contributed by atoms with E-state index in [1.807, 2.05) is 6.07 Å². The summed E-state index contributed by atoms with van der Waals surface area (Å²) in [4.78, 5) is 2.67. The Morgan fingerprint density at radius 3 is 2.16 bits per heavy atom. The zero-order valence-corrected chi connectivity index (χ0v) is 15.9. The van der Waals surface area contributed by atoms with E-state index in [9.17, 15) is 8.42 Å². The van der Waals surface area contributed by atoms with Crippen molar-refractivity contribution >= 4 is 21.6 Å². The van der Waals surface area contributed by atoms with Crippen molar-refractivity contribution in [3.05, 3.63) is 65.2 Å². The molecule has 0 saturated carbocycles. The molecule has 25 heavy (non-hydrogen) atoms. The van der Waals surface area contributed by atoms with E-state index in [2.05, 4.69) is 36.1 Å². The Morgan fingerprint density at radius 2 is 1.56 bits per heavy atom. The van der Waals surface area contributed by atoms with Gasteiger partial charge in [0.05, 0.1) is 4.90 Å². The second-order valence-electron chi connectivity index (χ2n) is 6.43. The summed E-state index contributed by atoms with van der Waals surface area (Å²) in [5, 5.41) is 0.540. The first-order valence-corrected chi connectivity index (χ1v) is 10.3. The summed E-state index contributed by atoms with van der Waals surface area (Å²) < 4.78 is 27.0. The summed E-state index contributed by atoms with van der Waals surface area (Å²) in [6, 6.07) is 17.2. The van der Waals surface area contributed by atoms with E-state index in [-0.39, 0.29) is 0 Å². The van der Waals surface area contributed by atoms with Crippen molar-refractivity contribution in [2.45, 2.75) is 24.3 Å². The third-order valence-electron chi connectivity index (χ3n) is 4.72. The zero-order valence-electron chi connectivity index (χ0n) is 14.3. The van der Waals surface area contributed by atoms with E-state index in [1.165, 1.54) is 5.56 Å². The number of halogens is 1. The topological polar surface area (TPSA) is 40.6 Å². The molecule has 4 nitrogen and oxygen atoms in total. The van der Waals surface area contributed by atoms with E-state index in [4.69, 9.17) is 11.6 Å². The molecule has 2 aromatic carbocycles. The highest BCUT2D eigenvalue weighted by molar-refractivity contribution is 7.89. The van der Waals surface area contributed by atoms with E-state index in [1.54, 1.807) is 28.6 Å². The monoisotopic (exact) mass is 378 g/mol. The van der Waals surface area contributed by atoms with Gasteiger partial charge >= 0.3 is 0 Å². The molecule has 0 spiro atoms. The minimum Gasteiger partial charge on any atom is -0.298 e. The molecule has 6 heteroatoms. The van der Waals surface area contributed by atoms with Crippen LogP contribution in [0.1, 0.15) is 12.5 Å². The standard InChI is InChI=1S/C19H23ClN2O2S/c1-16(15-17-5-3-2-4-6-17)21-11-13-22(14-12-21)25(23,24)19-9-7-18(20)8-10-19/h2-10,16H,11-15H2,1H3. The van der Waals surface area contributed by atoms with Gasteiger partial charge in [0.2, 0.25) is 10.0 Å². The molecular weight excluding hydrogens is 356 g/mol. The molecule has 1 aliphatic heterocycles. The van der Waals surface area contributed by atoms with Crippen molar-refractivity contribution in [2.75, 3.05) is 26.2 Å². The summed E-state index contributed by atoms with van der Waals surface area (Å²) in [5.41, 5.74) is 1.31. The molecule has 2 aromatic rings.